The summed E-state index contributed by atoms with van der Waals surface area (Å²) >= 11 is 1.64. The van der Waals surface area contributed by atoms with Gasteiger partial charge in [-0.05, 0) is 17.7 Å². The number of rotatable bonds is 5. The van der Waals surface area contributed by atoms with Gasteiger partial charge < -0.3 is 12.4 Å². The molecule has 3 aromatic carbocycles. The van der Waals surface area contributed by atoms with Gasteiger partial charge in [-0.3, -0.25) is 10.9 Å². The van der Waals surface area contributed by atoms with Gasteiger partial charge in [0.1, 0.15) is 0 Å². The van der Waals surface area contributed by atoms with Crippen LogP contribution in [-0.4, -0.2) is 4.98 Å². The summed E-state index contributed by atoms with van der Waals surface area (Å²) < 4.78 is 0. The third-order valence-corrected chi connectivity index (χ3v) is 4.82. The summed E-state index contributed by atoms with van der Waals surface area (Å²) in [6, 6.07) is 30.7. The molecule has 1 aromatic heterocycles. The first-order valence-corrected chi connectivity index (χ1v) is 8.90. The lowest BCUT2D eigenvalue weighted by Crippen LogP contribution is -3.00. The molecule has 0 amide bonds. The van der Waals surface area contributed by atoms with Crippen molar-refractivity contribution in [2.45, 2.75) is 0 Å². The van der Waals surface area contributed by atoms with Crippen LogP contribution in [0.4, 0.5) is 10.8 Å². The highest BCUT2D eigenvalue weighted by atomic mass is 35.5. The van der Waals surface area contributed by atoms with Crippen LogP contribution in [0.25, 0.3) is 21.7 Å². The first-order valence-electron chi connectivity index (χ1n) is 8.09. The lowest BCUT2D eigenvalue weighted by Gasteiger charge is -2.05. The molecule has 0 fully saturated rings. The van der Waals surface area contributed by atoms with Crippen LogP contribution in [0.5, 0.6) is 0 Å². The number of nitrogens with one attached hydrogen (secondary N) is 2. The highest BCUT2D eigenvalue weighted by Gasteiger charge is 2.14. The largest absolute Gasteiger partial charge is 1.00 e. The molecule has 0 unspecified atom stereocenters. The molecule has 0 aliphatic heterocycles. The highest BCUT2D eigenvalue weighted by Crippen LogP contribution is 2.38. The molecule has 26 heavy (non-hydrogen) atoms. The Kier molecular flexibility index (Phi) is 5.89. The van der Waals surface area contributed by atoms with E-state index in [2.05, 4.69) is 47.2 Å². The molecule has 0 saturated carbocycles. The molecule has 1 heterocycles. The van der Waals surface area contributed by atoms with Crippen molar-refractivity contribution >= 4 is 22.2 Å². The number of benzene rings is 3. The Hall–Kier alpha value is -2.82. The first-order chi connectivity index (χ1) is 12.4. The van der Waals surface area contributed by atoms with Crippen LogP contribution < -0.4 is 23.3 Å². The molecule has 0 spiro atoms. The zero-order chi connectivity index (χ0) is 16.9. The Morgan fingerprint density at radius 3 is 1.77 bits per heavy atom. The van der Waals surface area contributed by atoms with Gasteiger partial charge in [-0.25, -0.2) is 4.98 Å². The van der Waals surface area contributed by atoms with E-state index in [9.17, 15) is 0 Å². The maximum Gasteiger partial charge on any atom is 0.202 e. The molecule has 0 saturated heterocycles. The molecule has 0 radical (unpaired) electrons. The number of hydrazine groups is 1. The van der Waals surface area contributed by atoms with Crippen molar-refractivity contribution in [3.05, 3.63) is 91.0 Å². The monoisotopic (exact) mass is 378 g/mol. The molecule has 0 atom stereocenters. The number of thiazole rings is 1. The van der Waals surface area contributed by atoms with E-state index in [1.165, 1.54) is 5.56 Å². The van der Waals surface area contributed by atoms with E-state index in [0.717, 1.165) is 27.0 Å². The van der Waals surface area contributed by atoms with Crippen molar-refractivity contribution in [3.63, 3.8) is 0 Å². The van der Waals surface area contributed by atoms with Gasteiger partial charge in [0, 0.05) is 5.56 Å². The van der Waals surface area contributed by atoms with Crippen LogP contribution in [0.15, 0.2) is 91.0 Å². The molecular weight excluding hydrogens is 362 g/mol. The summed E-state index contributed by atoms with van der Waals surface area (Å²) in [4.78, 5) is 5.97. The first kappa shape index (κ1) is 18.0. The van der Waals surface area contributed by atoms with E-state index < -0.39 is 0 Å². The fraction of sp³-hybridized carbons (Fsp3) is 0. The number of hydrogen-bond acceptors (Lipinski definition) is 4. The van der Waals surface area contributed by atoms with Gasteiger partial charge in [0.15, 0.2) is 0 Å². The van der Waals surface area contributed by atoms with Crippen molar-refractivity contribution in [3.8, 4) is 21.7 Å². The third-order valence-electron chi connectivity index (χ3n) is 3.80. The van der Waals surface area contributed by atoms with E-state index in [-0.39, 0.29) is 12.4 Å². The summed E-state index contributed by atoms with van der Waals surface area (Å²) in [6.45, 7) is 0. The SMILES string of the molecule is [Cl-].c1ccc(NNc2nc(-c3ccccc3)c(-c3ccccc3)s2)cc1. The molecule has 3 nitrogen and oxygen atoms in total. The predicted octanol–water partition coefficient (Wildman–Crippen LogP) is 2.92. The number of aromatic nitrogens is 1. The van der Waals surface area contributed by atoms with E-state index >= 15 is 0 Å². The predicted molar refractivity (Wildman–Crippen MR) is 107 cm³/mol. The number of halogens is 1. The Labute approximate surface area is 163 Å². The van der Waals surface area contributed by atoms with Crippen molar-refractivity contribution < 1.29 is 12.4 Å². The van der Waals surface area contributed by atoms with Crippen LogP contribution in [0.1, 0.15) is 0 Å². The Morgan fingerprint density at radius 1 is 0.615 bits per heavy atom. The van der Waals surface area contributed by atoms with Gasteiger partial charge in [0.2, 0.25) is 5.13 Å². The zero-order valence-corrected chi connectivity index (χ0v) is 15.5. The minimum absolute atomic E-state index is 0. The smallest absolute Gasteiger partial charge is 0.202 e. The normalized spacial score (nSPS) is 10.0. The lowest BCUT2D eigenvalue weighted by atomic mass is 10.1. The fourth-order valence-corrected chi connectivity index (χ4v) is 3.54. The topological polar surface area (TPSA) is 37.0 Å². The van der Waals surface area contributed by atoms with Gasteiger partial charge in [-0.2, -0.15) is 0 Å². The van der Waals surface area contributed by atoms with Crippen molar-refractivity contribution in [1.29, 1.82) is 0 Å². The van der Waals surface area contributed by atoms with Gasteiger partial charge in [0.25, 0.3) is 0 Å². The standard InChI is InChI=1S/C21H17N3S.ClH/c1-4-10-16(11-5-1)19-20(17-12-6-2-7-13-17)25-21(22-19)24-23-18-14-8-3-9-15-18;/h1-15,23H,(H,22,24);1H/p-1. The Bertz CT molecular complexity index is 884. The van der Waals surface area contributed by atoms with Crippen LogP contribution >= 0.6 is 11.3 Å². The highest BCUT2D eigenvalue weighted by molar-refractivity contribution is 7.19. The van der Waals surface area contributed by atoms with Crippen molar-refractivity contribution in [2.75, 3.05) is 10.9 Å². The second-order valence-corrected chi connectivity index (χ2v) is 6.54. The zero-order valence-electron chi connectivity index (χ0n) is 13.9. The number of hydrogen-bond donors (Lipinski definition) is 2. The minimum Gasteiger partial charge on any atom is -1.00 e. The van der Waals surface area contributed by atoms with Crippen molar-refractivity contribution in [1.82, 2.24) is 4.98 Å². The van der Waals surface area contributed by atoms with Crippen molar-refractivity contribution in [2.24, 2.45) is 0 Å². The molecule has 0 aliphatic carbocycles. The summed E-state index contributed by atoms with van der Waals surface area (Å²) in [6.07, 6.45) is 0. The van der Waals surface area contributed by atoms with E-state index in [1.807, 2.05) is 54.6 Å². The summed E-state index contributed by atoms with van der Waals surface area (Å²) in [7, 11) is 0. The van der Waals surface area contributed by atoms with E-state index in [1.54, 1.807) is 11.3 Å². The van der Waals surface area contributed by atoms with Crippen LogP contribution in [0.2, 0.25) is 0 Å². The van der Waals surface area contributed by atoms with Crippen LogP contribution in [0, 0.1) is 0 Å². The lowest BCUT2D eigenvalue weighted by molar-refractivity contribution is -0.00000477. The van der Waals surface area contributed by atoms with Gasteiger partial charge in [-0.15, -0.1) is 0 Å². The van der Waals surface area contributed by atoms with Gasteiger partial charge in [0.05, 0.1) is 16.3 Å². The van der Waals surface area contributed by atoms with Crippen LogP contribution in [-0.2, 0) is 0 Å². The maximum atomic E-state index is 4.82. The van der Waals surface area contributed by atoms with Gasteiger partial charge >= 0.3 is 0 Å². The summed E-state index contributed by atoms with van der Waals surface area (Å²) in [5.41, 5.74) is 10.7. The molecular formula is C21H17ClN3S-. The Balaban J connectivity index is 0.00000196. The molecule has 130 valence electrons. The molecule has 0 bridgehead atoms. The Morgan fingerprint density at radius 2 is 1.15 bits per heavy atom. The number of anilines is 2. The molecule has 0 aliphatic rings. The average molecular weight is 379 g/mol. The maximum absolute atomic E-state index is 4.82. The molecule has 5 heteroatoms. The number of para-hydroxylation sites is 1. The average Bonchev–Trinajstić information content (AvgIpc) is 3.13. The quantitative estimate of drug-likeness (QED) is 0.524. The second-order valence-electron chi connectivity index (χ2n) is 5.54. The third kappa shape index (κ3) is 4.04. The second kappa shape index (κ2) is 8.52. The van der Waals surface area contributed by atoms with E-state index in [4.69, 9.17) is 4.98 Å². The molecule has 4 aromatic rings. The van der Waals surface area contributed by atoms with Crippen LogP contribution in [0.3, 0.4) is 0 Å². The molecule has 4 rings (SSSR count). The number of nitrogens with zero attached hydrogens (tertiary/aromatic N) is 1. The molecule has 2 N–H and O–H groups in total. The fourth-order valence-electron chi connectivity index (χ4n) is 2.60. The van der Waals surface area contributed by atoms with E-state index in [0.29, 0.717) is 0 Å². The minimum atomic E-state index is 0. The van der Waals surface area contributed by atoms with Gasteiger partial charge in [-0.1, -0.05) is 90.2 Å². The summed E-state index contributed by atoms with van der Waals surface area (Å²) in [5, 5.41) is 0.835. The summed E-state index contributed by atoms with van der Waals surface area (Å²) in [5.74, 6) is 0.